The van der Waals surface area contributed by atoms with Crippen molar-refractivity contribution in [2.75, 3.05) is 19.9 Å². The number of rotatable bonds is 2. The van der Waals surface area contributed by atoms with Gasteiger partial charge in [-0.1, -0.05) is 0 Å². The van der Waals surface area contributed by atoms with Crippen LogP contribution in [0, 0.1) is 11.7 Å². The Labute approximate surface area is 114 Å². The highest BCUT2D eigenvalue weighted by Gasteiger charge is 2.26. The molecule has 98 valence electrons. The summed E-state index contributed by atoms with van der Waals surface area (Å²) in [4.78, 5) is 0. The summed E-state index contributed by atoms with van der Waals surface area (Å²) in [5, 5.41) is 3.32. The van der Waals surface area contributed by atoms with E-state index >= 15 is 0 Å². The smallest absolute Gasteiger partial charge is 0.231 e. The monoisotopic (exact) mass is 315 g/mol. The van der Waals surface area contributed by atoms with Crippen LogP contribution < -0.4 is 14.8 Å². The summed E-state index contributed by atoms with van der Waals surface area (Å²) in [7, 11) is 0. The van der Waals surface area contributed by atoms with Gasteiger partial charge in [0, 0.05) is 11.6 Å². The Bertz CT molecular complexity index is 461. The van der Waals surface area contributed by atoms with Crippen LogP contribution in [0.25, 0.3) is 0 Å². The molecule has 5 heteroatoms. The average molecular weight is 316 g/mol. The number of halogens is 2. The average Bonchev–Trinajstić information content (AvgIpc) is 2.84. The minimum Gasteiger partial charge on any atom is -0.454 e. The van der Waals surface area contributed by atoms with Crippen LogP contribution in [-0.2, 0) is 6.42 Å². The number of nitrogens with one attached hydrogen (secondary N) is 1. The highest BCUT2D eigenvalue weighted by Crippen LogP contribution is 2.42. The molecule has 2 heterocycles. The van der Waals surface area contributed by atoms with Crippen LogP contribution in [0.1, 0.15) is 18.4 Å². The summed E-state index contributed by atoms with van der Waals surface area (Å²) in [5.41, 5.74) is 0.656. The van der Waals surface area contributed by atoms with E-state index in [2.05, 4.69) is 21.2 Å². The third-order valence-corrected chi connectivity index (χ3v) is 4.18. The zero-order valence-corrected chi connectivity index (χ0v) is 11.6. The standard InChI is InChI=1S/C13H15BrFNO2/c14-10-6-11-13(18-7-17-11)9(12(10)15)5-8-1-3-16-4-2-8/h6,8,16H,1-5,7H2. The van der Waals surface area contributed by atoms with E-state index in [1.165, 1.54) is 0 Å². The SMILES string of the molecule is Fc1c(Br)cc2c(c1CC1CCNCC1)OCO2. The van der Waals surface area contributed by atoms with Crippen molar-refractivity contribution in [2.45, 2.75) is 19.3 Å². The van der Waals surface area contributed by atoms with E-state index in [0.717, 1.165) is 32.4 Å². The van der Waals surface area contributed by atoms with Crippen LogP contribution in [0.4, 0.5) is 4.39 Å². The molecule has 0 bridgehead atoms. The van der Waals surface area contributed by atoms with E-state index in [1.54, 1.807) is 6.07 Å². The Morgan fingerprint density at radius 1 is 1.33 bits per heavy atom. The van der Waals surface area contributed by atoms with Crippen LogP contribution in [0.2, 0.25) is 0 Å². The molecule has 2 aliphatic heterocycles. The second-order valence-corrected chi connectivity index (χ2v) is 5.64. The Kier molecular flexibility index (Phi) is 3.43. The first-order chi connectivity index (χ1) is 8.75. The summed E-state index contributed by atoms with van der Waals surface area (Å²) in [6.45, 7) is 2.21. The first kappa shape index (κ1) is 12.2. The lowest BCUT2D eigenvalue weighted by Crippen LogP contribution is -2.28. The lowest BCUT2D eigenvalue weighted by Gasteiger charge is -2.23. The summed E-state index contributed by atoms with van der Waals surface area (Å²) in [6, 6.07) is 1.64. The molecule has 0 amide bonds. The van der Waals surface area contributed by atoms with Gasteiger partial charge in [0.15, 0.2) is 11.5 Å². The van der Waals surface area contributed by atoms with Gasteiger partial charge in [-0.25, -0.2) is 4.39 Å². The fourth-order valence-electron chi connectivity index (χ4n) is 2.61. The van der Waals surface area contributed by atoms with Crippen molar-refractivity contribution in [3.63, 3.8) is 0 Å². The van der Waals surface area contributed by atoms with Gasteiger partial charge in [0.25, 0.3) is 0 Å². The Morgan fingerprint density at radius 2 is 2.11 bits per heavy atom. The van der Waals surface area contributed by atoms with Gasteiger partial charge in [0.2, 0.25) is 6.79 Å². The molecule has 2 aliphatic rings. The summed E-state index contributed by atoms with van der Waals surface area (Å²) in [6.07, 6.45) is 2.89. The van der Waals surface area contributed by atoms with Crippen molar-refractivity contribution in [3.05, 3.63) is 21.9 Å². The van der Waals surface area contributed by atoms with Gasteiger partial charge >= 0.3 is 0 Å². The normalized spacial score (nSPS) is 19.2. The van der Waals surface area contributed by atoms with Crippen molar-refractivity contribution >= 4 is 15.9 Å². The van der Waals surface area contributed by atoms with Gasteiger partial charge in [-0.3, -0.25) is 0 Å². The molecular weight excluding hydrogens is 301 g/mol. The first-order valence-corrected chi connectivity index (χ1v) is 7.02. The van der Waals surface area contributed by atoms with Crippen molar-refractivity contribution in [3.8, 4) is 11.5 Å². The number of fused-ring (bicyclic) bond motifs is 1. The Balaban J connectivity index is 1.90. The minimum absolute atomic E-state index is 0.185. The Hall–Kier alpha value is -0.810. The predicted octanol–water partition coefficient (Wildman–Crippen LogP) is 2.86. The van der Waals surface area contributed by atoms with Gasteiger partial charge in [0.05, 0.1) is 4.47 Å². The van der Waals surface area contributed by atoms with Gasteiger partial charge in [-0.15, -0.1) is 0 Å². The van der Waals surface area contributed by atoms with Crippen LogP contribution in [-0.4, -0.2) is 19.9 Å². The van der Waals surface area contributed by atoms with Gasteiger partial charge in [0.1, 0.15) is 5.82 Å². The second-order valence-electron chi connectivity index (χ2n) is 4.78. The fourth-order valence-corrected chi connectivity index (χ4v) is 3.06. The summed E-state index contributed by atoms with van der Waals surface area (Å²) in [5.74, 6) is 1.54. The molecule has 0 radical (unpaired) electrons. The molecule has 1 aromatic rings. The highest BCUT2D eigenvalue weighted by atomic mass is 79.9. The molecular formula is C13H15BrFNO2. The van der Waals surface area contributed by atoms with E-state index in [0.29, 0.717) is 27.5 Å². The maximum atomic E-state index is 14.2. The molecule has 1 N–H and O–H groups in total. The van der Waals surface area contributed by atoms with E-state index in [4.69, 9.17) is 9.47 Å². The van der Waals surface area contributed by atoms with E-state index in [9.17, 15) is 4.39 Å². The zero-order chi connectivity index (χ0) is 12.5. The number of piperidine rings is 1. The topological polar surface area (TPSA) is 30.5 Å². The Morgan fingerprint density at radius 3 is 2.89 bits per heavy atom. The van der Waals surface area contributed by atoms with Gasteiger partial charge in [-0.2, -0.15) is 0 Å². The first-order valence-electron chi connectivity index (χ1n) is 6.23. The van der Waals surface area contributed by atoms with Gasteiger partial charge < -0.3 is 14.8 Å². The molecule has 3 nitrogen and oxygen atoms in total. The molecule has 0 unspecified atom stereocenters. The molecule has 0 atom stereocenters. The van der Waals surface area contributed by atoms with Crippen LogP contribution in [0.5, 0.6) is 11.5 Å². The molecule has 1 saturated heterocycles. The molecule has 3 rings (SSSR count). The number of hydrogen-bond acceptors (Lipinski definition) is 3. The predicted molar refractivity (Wildman–Crippen MR) is 69.5 cm³/mol. The number of benzene rings is 1. The van der Waals surface area contributed by atoms with Crippen LogP contribution in [0.3, 0.4) is 0 Å². The minimum atomic E-state index is -0.210. The molecule has 0 spiro atoms. The van der Waals surface area contributed by atoms with Crippen LogP contribution in [0.15, 0.2) is 10.5 Å². The molecule has 0 aliphatic carbocycles. The van der Waals surface area contributed by atoms with Crippen molar-refractivity contribution in [2.24, 2.45) is 5.92 Å². The quantitative estimate of drug-likeness (QED) is 0.910. The third-order valence-electron chi connectivity index (χ3n) is 3.60. The summed E-state index contributed by atoms with van der Waals surface area (Å²) < 4.78 is 25.4. The van der Waals surface area contributed by atoms with Gasteiger partial charge in [-0.05, 0) is 54.2 Å². The van der Waals surface area contributed by atoms with E-state index < -0.39 is 0 Å². The second kappa shape index (κ2) is 5.05. The largest absolute Gasteiger partial charge is 0.454 e. The summed E-state index contributed by atoms with van der Waals surface area (Å²) >= 11 is 3.24. The van der Waals surface area contributed by atoms with Crippen molar-refractivity contribution < 1.29 is 13.9 Å². The van der Waals surface area contributed by atoms with Crippen molar-refractivity contribution in [1.29, 1.82) is 0 Å². The maximum Gasteiger partial charge on any atom is 0.231 e. The van der Waals surface area contributed by atoms with E-state index in [-0.39, 0.29) is 12.6 Å². The zero-order valence-electron chi connectivity index (χ0n) is 9.97. The number of ether oxygens (including phenoxy) is 2. The van der Waals surface area contributed by atoms with E-state index in [1.807, 2.05) is 0 Å². The lowest BCUT2D eigenvalue weighted by molar-refractivity contribution is 0.172. The maximum absolute atomic E-state index is 14.2. The lowest BCUT2D eigenvalue weighted by atomic mass is 9.90. The fraction of sp³-hybridized carbons (Fsp3) is 0.538. The molecule has 18 heavy (non-hydrogen) atoms. The van der Waals surface area contributed by atoms with Crippen molar-refractivity contribution in [1.82, 2.24) is 5.32 Å². The molecule has 0 saturated carbocycles. The van der Waals surface area contributed by atoms with Crippen LogP contribution >= 0.6 is 15.9 Å². The number of hydrogen-bond donors (Lipinski definition) is 1. The molecule has 1 fully saturated rings. The molecule has 1 aromatic carbocycles. The molecule has 0 aromatic heterocycles. The highest BCUT2D eigenvalue weighted by molar-refractivity contribution is 9.10. The third kappa shape index (κ3) is 2.21.